The summed E-state index contributed by atoms with van der Waals surface area (Å²) < 4.78 is 0. The number of carbonyl (C=O) groups excluding carboxylic acids is 4. The minimum absolute atomic E-state index is 0.0815. The summed E-state index contributed by atoms with van der Waals surface area (Å²) in [6.07, 6.45) is 2.91. The fourth-order valence-electron chi connectivity index (χ4n) is 5.48. The van der Waals surface area contributed by atoms with Crippen molar-refractivity contribution in [2.24, 2.45) is 17.6 Å². The zero-order chi connectivity index (χ0) is 29.6. The van der Waals surface area contributed by atoms with Crippen molar-refractivity contribution in [3.8, 4) is 0 Å². The number of nitrogens with zero attached hydrogens (tertiary/aromatic N) is 2. The Bertz CT molecular complexity index is 1510. The van der Waals surface area contributed by atoms with E-state index in [1.54, 1.807) is 42.5 Å². The molecule has 11 heteroatoms. The number of hydrogen-bond donors (Lipinski definition) is 5. The van der Waals surface area contributed by atoms with Gasteiger partial charge in [0.15, 0.2) is 5.78 Å². The first-order chi connectivity index (χ1) is 20.3. The molecule has 3 atom stereocenters. The largest absolute Gasteiger partial charge is 0.398 e. The molecule has 3 aromatic rings. The summed E-state index contributed by atoms with van der Waals surface area (Å²) >= 11 is 0. The molecule has 8 rings (SSSR count). The molecule has 42 heavy (non-hydrogen) atoms. The van der Waals surface area contributed by atoms with Gasteiger partial charge in [-0.3, -0.25) is 19.2 Å². The number of aryl methyl sites for hydroxylation is 1. The Morgan fingerprint density at radius 3 is 2.00 bits per heavy atom. The number of nitrogens with one attached hydrogen (secondary N) is 3. The van der Waals surface area contributed by atoms with Crippen LogP contribution in [0.15, 0.2) is 54.6 Å². The molecule has 11 nitrogen and oxygen atoms in total. The van der Waals surface area contributed by atoms with Crippen LogP contribution >= 0.6 is 0 Å². The third-order valence-corrected chi connectivity index (χ3v) is 8.00. The van der Waals surface area contributed by atoms with E-state index in [4.69, 9.17) is 11.5 Å². The lowest BCUT2D eigenvalue weighted by molar-refractivity contribution is 0.0909. The van der Waals surface area contributed by atoms with E-state index in [-0.39, 0.29) is 71.2 Å². The monoisotopic (exact) mass is 569 g/mol. The van der Waals surface area contributed by atoms with Gasteiger partial charge in [0.1, 0.15) is 22.8 Å². The molecule has 0 radical (unpaired) electrons. The molecule has 218 valence electrons. The maximum atomic E-state index is 12.9. The van der Waals surface area contributed by atoms with Crippen LogP contribution < -0.4 is 27.4 Å². The fourth-order valence-corrected chi connectivity index (χ4v) is 5.48. The van der Waals surface area contributed by atoms with E-state index in [1.807, 2.05) is 12.1 Å². The van der Waals surface area contributed by atoms with Gasteiger partial charge in [-0.1, -0.05) is 24.3 Å². The Morgan fingerprint density at radius 1 is 0.714 bits per heavy atom. The number of nitrogens with two attached hydrogens (primary N) is 2. The van der Waals surface area contributed by atoms with Crippen LogP contribution in [0.25, 0.3) is 0 Å². The Kier molecular flexibility index (Phi) is 8.87. The maximum absolute atomic E-state index is 12.9. The number of anilines is 1. The zero-order valence-corrected chi connectivity index (χ0v) is 23.3. The average Bonchev–Trinajstić information content (AvgIpc) is 3.01. The third kappa shape index (κ3) is 6.98. The molecule has 6 heterocycles. The molecular formula is C31H35N7O4. The van der Waals surface area contributed by atoms with E-state index in [9.17, 15) is 19.2 Å². The van der Waals surface area contributed by atoms with Crippen LogP contribution in [0.2, 0.25) is 0 Å². The average molecular weight is 570 g/mol. The number of nitrogen functional groups attached to an aromatic ring is 1. The predicted molar refractivity (Wildman–Crippen MR) is 157 cm³/mol. The standard InChI is InChI=1S/C31H35N7O4/c32-22-13-18-7-9-20(22)11-12-28(39)24-3-1-4-25(37-24)31(42)36-17-21-10-8-19(14-23(21)33)16-35-30(41)27-6-2-5-26(38-27)29(40)34-15-18/h1-7,9,13,19,21,23H,8,10-12,14-17,32-33H2,(H,34,40)(H,35,41)(H,36,42)/t19-,21-,23-/m1/s1. The van der Waals surface area contributed by atoms with E-state index < -0.39 is 5.91 Å². The lowest BCUT2D eigenvalue weighted by Gasteiger charge is -2.34. The molecular weight excluding hydrogens is 534 g/mol. The summed E-state index contributed by atoms with van der Waals surface area (Å²) in [4.78, 5) is 59.9. The first-order valence-electron chi connectivity index (χ1n) is 14.2. The van der Waals surface area contributed by atoms with Gasteiger partial charge in [0.2, 0.25) is 0 Å². The summed E-state index contributed by atoms with van der Waals surface area (Å²) in [5.74, 6) is -1.04. The Morgan fingerprint density at radius 2 is 1.33 bits per heavy atom. The van der Waals surface area contributed by atoms with Crippen molar-refractivity contribution >= 4 is 29.2 Å². The quantitative estimate of drug-likeness (QED) is 0.255. The molecule has 1 aromatic carbocycles. The van der Waals surface area contributed by atoms with E-state index in [0.717, 1.165) is 24.0 Å². The Hall–Kier alpha value is -4.64. The van der Waals surface area contributed by atoms with Crippen LogP contribution in [0.4, 0.5) is 5.69 Å². The van der Waals surface area contributed by atoms with Crippen LogP contribution in [-0.2, 0) is 13.0 Å². The first kappa shape index (κ1) is 28.9. The molecule has 1 saturated carbocycles. The molecule has 3 amide bonds. The maximum Gasteiger partial charge on any atom is 0.270 e. The van der Waals surface area contributed by atoms with Crippen LogP contribution in [0.1, 0.15) is 78.8 Å². The highest BCUT2D eigenvalue weighted by atomic mass is 16.2. The summed E-state index contributed by atoms with van der Waals surface area (Å²) in [5.41, 5.74) is 15.5. The second kappa shape index (κ2) is 12.9. The minimum atomic E-state index is -0.412. The second-order valence-corrected chi connectivity index (χ2v) is 11.0. The van der Waals surface area contributed by atoms with E-state index >= 15 is 0 Å². The lowest BCUT2D eigenvalue weighted by atomic mass is 9.78. The zero-order valence-electron chi connectivity index (χ0n) is 23.3. The molecule has 0 saturated heterocycles. The van der Waals surface area contributed by atoms with E-state index in [2.05, 4.69) is 25.9 Å². The number of aromatic nitrogens is 2. The summed E-state index contributed by atoms with van der Waals surface area (Å²) in [7, 11) is 0. The fraction of sp³-hybridized carbons (Fsp3) is 0.355. The van der Waals surface area contributed by atoms with Crippen LogP contribution in [0.5, 0.6) is 0 Å². The van der Waals surface area contributed by atoms with Gasteiger partial charge in [0.05, 0.1) is 0 Å². The van der Waals surface area contributed by atoms with Crippen molar-refractivity contribution in [2.75, 3.05) is 18.8 Å². The predicted octanol–water partition coefficient (Wildman–Crippen LogP) is 2.02. The van der Waals surface area contributed by atoms with Gasteiger partial charge in [-0.05, 0) is 79.0 Å². The van der Waals surface area contributed by atoms with Crippen molar-refractivity contribution in [3.05, 3.63) is 88.5 Å². The van der Waals surface area contributed by atoms with Crippen LogP contribution in [0.3, 0.4) is 0 Å². The summed E-state index contributed by atoms with van der Waals surface area (Å²) in [6.45, 7) is 1.04. The first-order valence-corrected chi connectivity index (χ1v) is 14.2. The smallest absolute Gasteiger partial charge is 0.270 e. The van der Waals surface area contributed by atoms with Gasteiger partial charge in [0.25, 0.3) is 17.7 Å². The number of carbonyl (C=O) groups is 4. The number of hydrogen-bond acceptors (Lipinski definition) is 8. The summed E-state index contributed by atoms with van der Waals surface area (Å²) in [5, 5.41) is 8.66. The molecule has 5 aliphatic rings. The SMILES string of the molecule is Nc1cc2ccc1CCC(=O)c1cccc(n1)C(=O)NC[C@H]1CC[C@@H](CNC(=O)c3cccc(n3)C(=O)NC2)C[C@H]1N. The van der Waals surface area contributed by atoms with Gasteiger partial charge in [-0.2, -0.15) is 0 Å². The van der Waals surface area contributed by atoms with Crippen LogP contribution in [-0.4, -0.2) is 52.6 Å². The molecule has 1 aliphatic carbocycles. The Labute approximate surface area is 243 Å². The molecule has 7 N–H and O–H groups in total. The van der Waals surface area contributed by atoms with Crippen molar-refractivity contribution in [1.82, 2.24) is 25.9 Å². The number of rotatable bonds is 0. The normalized spacial score (nSPS) is 22.3. The number of benzene rings is 1. The molecule has 8 bridgehead atoms. The lowest BCUT2D eigenvalue weighted by Crippen LogP contribution is -2.45. The number of ketones is 1. The van der Waals surface area contributed by atoms with Gasteiger partial charge in [0, 0.05) is 37.8 Å². The van der Waals surface area contributed by atoms with Crippen molar-refractivity contribution < 1.29 is 19.2 Å². The van der Waals surface area contributed by atoms with Gasteiger partial charge < -0.3 is 27.4 Å². The van der Waals surface area contributed by atoms with E-state index in [0.29, 0.717) is 31.6 Å². The molecule has 2 aromatic heterocycles. The van der Waals surface area contributed by atoms with E-state index in [1.165, 1.54) is 0 Å². The highest BCUT2D eigenvalue weighted by Gasteiger charge is 2.29. The topological polar surface area (TPSA) is 182 Å². The highest BCUT2D eigenvalue weighted by molar-refractivity contribution is 5.98. The van der Waals surface area contributed by atoms with Gasteiger partial charge in [-0.25, -0.2) is 9.97 Å². The third-order valence-electron chi connectivity index (χ3n) is 8.00. The number of Topliss-reactive ketones (excluding diaryl/α,β-unsaturated/α-hetero) is 1. The van der Waals surface area contributed by atoms with Gasteiger partial charge >= 0.3 is 0 Å². The molecule has 0 unspecified atom stereocenters. The van der Waals surface area contributed by atoms with Gasteiger partial charge in [-0.15, -0.1) is 0 Å². The second-order valence-electron chi connectivity index (χ2n) is 11.0. The van der Waals surface area contributed by atoms with Crippen LogP contribution in [0, 0.1) is 11.8 Å². The number of pyridine rings is 2. The number of amides is 3. The highest BCUT2D eigenvalue weighted by Crippen LogP contribution is 2.27. The Balaban J connectivity index is 1.35. The molecule has 0 spiro atoms. The molecule has 4 aliphatic heterocycles. The molecule has 1 fully saturated rings. The van der Waals surface area contributed by atoms with Crippen molar-refractivity contribution in [1.29, 1.82) is 0 Å². The van der Waals surface area contributed by atoms with Crippen molar-refractivity contribution in [3.63, 3.8) is 0 Å². The summed E-state index contributed by atoms with van der Waals surface area (Å²) in [6, 6.07) is 14.9. The minimum Gasteiger partial charge on any atom is -0.398 e. The van der Waals surface area contributed by atoms with Crippen molar-refractivity contribution in [2.45, 2.75) is 44.7 Å².